The van der Waals surface area contributed by atoms with Gasteiger partial charge in [-0.15, -0.1) is 0 Å². The Morgan fingerprint density at radius 3 is 2.22 bits per heavy atom. The molecular weight excluding hydrogens is 143 g/mol. The molecule has 0 spiro atoms. The highest BCUT2D eigenvalue weighted by atomic mass is 31.2. The first-order valence-electron chi connectivity index (χ1n) is 1.98. The van der Waals surface area contributed by atoms with E-state index in [0.717, 1.165) is 0 Å². The fourth-order valence-electron chi connectivity index (χ4n) is 0.176. The van der Waals surface area contributed by atoms with Crippen LogP contribution < -0.4 is 5.50 Å². The van der Waals surface area contributed by atoms with Crippen molar-refractivity contribution in [2.45, 2.75) is 0 Å². The van der Waals surface area contributed by atoms with E-state index in [2.05, 4.69) is 14.9 Å². The van der Waals surface area contributed by atoms with E-state index < -0.39 is 8.53 Å². The van der Waals surface area contributed by atoms with E-state index in [1.165, 1.54) is 12.7 Å². The zero-order chi connectivity index (χ0) is 7.11. The molecule has 0 aromatic carbocycles. The summed E-state index contributed by atoms with van der Waals surface area (Å²) in [4.78, 5) is 18.5. The van der Waals surface area contributed by atoms with Crippen LogP contribution in [0, 0.1) is 0 Å². The van der Waals surface area contributed by atoms with Gasteiger partial charge in [-0.05, 0) is 0 Å². The molecule has 4 N–H and O–H groups in total. The Bertz CT molecular complexity index is 101. The van der Waals surface area contributed by atoms with Gasteiger partial charge in [-0.2, -0.15) is 0 Å². The summed E-state index contributed by atoms with van der Waals surface area (Å²) in [7, 11) is -2.12. The third-order valence-electron chi connectivity index (χ3n) is 0.347. The number of nitrogens with zero attached hydrogens (tertiary/aromatic N) is 1. The number of rotatable bonds is 0. The molecule has 0 bridgehead atoms. The van der Waals surface area contributed by atoms with Gasteiger partial charge < -0.3 is 14.2 Å². The molecule has 0 radical (unpaired) electrons. The van der Waals surface area contributed by atoms with Crippen LogP contribution in [0.5, 0.6) is 0 Å². The lowest BCUT2D eigenvalue weighted by atomic mass is 11.0. The summed E-state index contributed by atoms with van der Waals surface area (Å²) < 4.78 is 4.47. The minimum atomic E-state index is -2.12. The Morgan fingerprint density at radius 2 is 2.11 bits per heavy atom. The van der Waals surface area contributed by atoms with E-state index in [9.17, 15) is 0 Å². The van der Waals surface area contributed by atoms with E-state index in [4.69, 9.17) is 9.79 Å². The second kappa shape index (κ2) is 5.65. The van der Waals surface area contributed by atoms with Crippen LogP contribution in [0.2, 0.25) is 0 Å². The highest BCUT2D eigenvalue weighted by Gasteiger charge is 1.72. The quantitative estimate of drug-likeness (QED) is 0.446. The fourth-order valence-corrected chi connectivity index (χ4v) is 0.176. The molecule has 9 heavy (non-hydrogen) atoms. The van der Waals surface area contributed by atoms with E-state index in [-0.39, 0.29) is 0 Å². The first kappa shape index (κ1) is 8.52. The smallest absolute Gasteiger partial charge is 0.247 e. The van der Waals surface area contributed by atoms with Crippen LogP contribution >= 0.6 is 8.53 Å². The Labute approximate surface area is 53.1 Å². The van der Waals surface area contributed by atoms with Gasteiger partial charge in [0.05, 0.1) is 6.20 Å². The van der Waals surface area contributed by atoms with Crippen molar-refractivity contribution in [1.29, 1.82) is 0 Å². The Kier molecular flexibility index (Phi) is 5.35. The van der Waals surface area contributed by atoms with Crippen molar-refractivity contribution in [1.82, 2.24) is 4.98 Å². The minimum Gasteiger partial charge on any atom is -0.452 e. The van der Waals surface area contributed by atoms with Gasteiger partial charge in [0.15, 0.2) is 6.39 Å². The second-order valence-electron chi connectivity index (χ2n) is 0.996. The number of hydrogen-bond donors (Lipinski definition) is 3. The summed E-state index contributed by atoms with van der Waals surface area (Å²) >= 11 is 0. The standard InChI is InChI=1S/C3H3NO.H4NO2P/c1-2-5-3-4-1;1-4(2)3/h1-3H;2-3H,1H2. The molecule has 0 saturated carbocycles. The molecule has 0 aliphatic rings. The molecule has 0 unspecified atom stereocenters. The lowest BCUT2D eigenvalue weighted by Crippen LogP contribution is -1.78. The summed E-state index contributed by atoms with van der Waals surface area (Å²) in [6, 6.07) is 0. The van der Waals surface area contributed by atoms with Crippen molar-refractivity contribution < 1.29 is 14.2 Å². The van der Waals surface area contributed by atoms with Gasteiger partial charge in [0.25, 0.3) is 0 Å². The van der Waals surface area contributed by atoms with Crippen LogP contribution in [0.15, 0.2) is 23.3 Å². The fraction of sp³-hybridized carbons (Fsp3) is 0. The van der Waals surface area contributed by atoms with Crippen LogP contribution in [0.3, 0.4) is 0 Å². The van der Waals surface area contributed by atoms with Crippen LogP contribution in [-0.2, 0) is 0 Å². The molecule has 0 atom stereocenters. The number of hydrogen-bond acceptors (Lipinski definition) is 5. The van der Waals surface area contributed by atoms with Crippen LogP contribution in [0.25, 0.3) is 0 Å². The summed E-state index contributed by atoms with van der Waals surface area (Å²) in [6.07, 6.45) is 4.47. The minimum absolute atomic E-state index is 1.38. The molecule has 0 amide bonds. The third kappa shape index (κ3) is 11.2. The Hall–Kier alpha value is -0.480. The van der Waals surface area contributed by atoms with Crippen molar-refractivity contribution in [3.8, 4) is 0 Å². The number of nitrogens with two attached hydrogens (primary N) is 1. The molecule has 1 aromatic heterocycles. The topological polar surface area (TPSA) is 92.5 Å². The molecule has 0 saturated heterocycles. The highest BCUT2D eigenvalue weighted by molar-refractivity contribution is 7.42. The van der Waals surface area contributed by atoms with Crippen molar-refractivity contribution >= 4 is 8.53 Å². The zero-order valence-electron chi connectivity index (χ0n) is 4.51. The maximum atomic E-state index is 7.45. The summed E-state index contributed by atoms with van der Waals surface area (Å²) in [6.45, 7) is 0. The van der Waals surface area contributed by atoms with Crippen LogP contribution in [0.1, 0.15) is 0 Å². The largest absolute Gasteiger partial charge is 0.452 e. The molecule has 1 heterocycles. The molecule has 52 valence electrons. The number of aromatic nitrogens is 1. The van der Waals surface area contributed by atoms with Gasteiger partial charge in [0.2, 0.25) is 8.53 Å². The van der Waals surface area contributed by atoms with Crippen molar-refractivity contribution in [3.63, 3.8) is 0 Å². The van der Waals surface area contributed by atoms with E-state index >= 15 is 0 Å². The molecular formula is C3H7N2O3P. The monoisotopic (exact) mass is 150 g/mol. The average molecular weight is 150 g/mol. The van der Waals surface area contributed by atoms with Gasteiger partial charge in [0.1, 0.15) is 6.26 Å². The van der Waals surface area contributed by atoms with Crippen molar-refractivity contribution in [2.75, 3.05) is 0 Å². The average Bonchev–Trinajstić information content (AvgIpc) is 2.11. The van der Waals surface area contributed by atoms with Gasteiger partial charge in [-0.25, -0.2) is 4.98 Å². The van der Waals surface area contributed by atoms with E-state index in [0.29, 0.717) is 0 Å². The maximum Gasteiger partial charge on any atom is 0.247 e. The molecule has 0 fully saturated rings. The van der Waals surface area contributed by atoms with Crippen molar-refractivity contribution in [2.24, 2.45) is 5.50 Å². The number of oxazole rings is 1. The zero-order valence-corrected chi connectivity index (χ0v) is 5.40. The Morgan fingerprint density at radius 1 is 1.56 bits per heavy atom. The second-order valence-corrected chi connectivity index (χ2v) is 1.64. The van der Waals surface area contributed by atoms with Gasteiger partial charge in [-0.1, -0.05) is 0 Å². The summed E-state index contributed by atoms with van der Waals surface area (Å²) in [5.41, 5.74) is 4.29. The van der Waals surface area contributed by atoms with Crippen LogP contribution in [-0.4, -0.2) is 14.8 Å². The molecule has 1 rings (SSSR count). The maximum absolute atomic E-state index is 7.45. The van der Waals surface area contributed by atoms with E-state index in [1.807, 2.05) is 0 Å². The predicted molar refractivity (Wildman–Crippen MR) is 32.0 cm³/mol. The first-order valence-corrected chi connectivity index (χ1v) is 3.30. The third-order valence-corrected chi connectivity index (χ3v) is 0.347. The van der Waals surface area contributed by atoms with Crippen LogP contribution in [0.4, 0.5) is 0 Å². The van der Waals surface area contributed by atoms with Gasteiger partial charge in [-0.3, -0.25) is 5.50 Å². The first-order chi connectivity index (χ1) is 4.23. The highest BCUT2D eigenvalue weighted by Crippen LogP contribution is 2.05. The Balaban J connectivity index is 0.000000148. The molecule has 6 heteroatoms. The SMILES string of the molecule is NP(O)O.c1cocn1. The van der Waals surface area contributed by atoms with Crippen molar-refractivity contribution in [3.05, 3.63) is 18.9 Å². The lowest BCUT2D eigenvalue weighted by Gasteiger charge is -1.79. The normalized spacial score (nSPS) is 8.44. The summed E-state index contributed by atoms with van der Waals surface area (Å²) in [5.74, 6) is 0. The molecule has 0 aliphatic heterocycles. The van der Waals surface area contributed by atoms with Gasteiger partial charge >= 0.3 is 0 Å². The lowest BCUT2D eigenvalue weighted by molar-refractivity contribution is 0.485. The molecule has 0 aliphatic carbocycles. The molecule has 5 nitrogen and oxygen atoms in total. The van der Waals surface area contributed by atoms with E-state index in [1.54, 1.807) is 6.20 Å². The summed E-state index contributed by atoms with van der Waals surface area (Å²) in [5, 5.41) is 0. The predicted octanol–water partition coefficient (Wildman–Crippen LogP) is -0.169. The molecule has 1 aromatic rings. The van der Waals surface area contributed by atoms with Gasteiger partial charge in [0, 0.05) is 0 Å².